The zero-order valence-electron chi connectivity index (χ0n) is 12.1. The molecule has 6 nitrogen and oxygen atoms in total. The Hall–Kier alpha value is -2.46. The van der Waals surface area contributed by atoms with E-state index >= 15 is 0 Å². The number of nitro groups is 1. The van der Waals surface area contributed by atoms with Crippen molar-refractivity contribution in [1.82, 2.24) is 4.57 Å². The first-order valence-corrected chi connectivity index (χ1v) is 7.67. The largest absolute Gasteiger partial charge is 0.305 e. The van der Waals surface area contributed by atoms with Gasteiger partial charge in [0.2, 0.25) is 5.91 Å². The van der Waals surface area contributed by atoms with Gasteiger partial charge in [-0.15, -0.1) is 6.42 Å². The number of hydrogen-bond donors (Lipinski definition) is 0. The molecule has 0 saturated carbocycles. The number of amides is 1. The van der Waals surface area contributed by atoms with Crippen molar-refractivity contribution in [2.24, 2.45) is 4.99 Å². The van der Waals surface area contributed by atoms with Crippen LogP contribution in [0.1, 0.15) is 26.2 Å². The van der Waals surface area contributed by atoms with E-state index in [1.807, 2.05) is 6.92 Å². The number of rotatable bonds is 5. The van der Waals surface area contributed by atoms with E-state index in [4.69, 9.17) is 6.42 Å². The third kappa shape index (κ3) is 3.40. The van der Waals surface area contributed by atoms with E-state index in [2.05, 4.69) is 10.9 Å². The zero-order valence-corrected chi connectivity index (χ0v) is 12.9. The number of non-ortho nitro benzene ring substituents is 1. The van der Waals surface area contributed by atoms with Crippen LogP contribution in [0.4, 0.5) is 5.69 Å². The van der Waals surface area contributed by atoms with Crippen LogP contribution in [0.25, 0.3) is 10.2 Å². The van der Waals surface area contributed by atoms with Crippen LogP contribution in [0, 0.1) is 22.5 Å². The molecule has 0 bridgehead atoms. The van der Waals surface area contributed by atoms with Crippen LogP contribution in [-0.2, 0) is 11.3 Å². The molecule has 0 aliphatic rings. The Balaban J connectivity index is 2.55. The molecule has 0 radical (unpaired) electrons. The zero-order chi connectivity index (χ0) is 16.1. The monoisotopic (exact) mass is 317 g/mol. The summed E-state index contributed by atoms with van der Waals surface area (Å²) >= 11 is 1.23. The molecule has 0 saturated heterocycles. The summed E-state index contributed by atoms with van der Waals surface area (Å²) in [7, 11) is 0. The molecule has 0 N–H and O–H groups in total. The molecule has 1 heterocycles. The second-order valence-corrected chi connectivity index (χ2v) is 5.70. The van der Waals surface area contributed by atoms with E-state index in [-0.39, 0.29) is 18.1 Å². The molecular formula is C15H15N3O3S. The van der Waals surface area contributed by atoms with Crippen LogP contribution in [0.2, 0.25) is 0 Å². The third-order valence-electron chi connectivity index (χ3n) is 3.09. The number of fused-ring (bicyclic) bond motifs is 1. The van der Waals surface area contributed by atoms with Crippen LogP contribution in [0.3, 0.4) is 0 Å². The number of hydrogen-bond acceptors (Lipinski definition) is 4. The highest BCUT2D eigenvalue weighted by atomic mass is 32.1. The first kappa shape index (κ1) is 15.9. The lowest BCUT2D eigenvalue weighted by Gasteiger charge is -1.99. The molecule has 0 fully saturated rings. The summed E-state index contributed by atoms with van der Waals surface area (Å²) in [5, 5.41) is 10.9. The van der Waals surface area contributed by atoms with Gasteiger partial charge >= 0.3 is 0 Å². The van der Waals surface area contributed by atoms with Gasteiger partial charge in [0.25, 0.3) is 5.69 Å². The molecule has 22 heavy (non-hydrogen) atoms. The Bertz CT molecular complexity index is 827. The van der Waals surface area contributed by atoms with Crippen molar-refractivity contribution in [2.75, 3.05) is 0 Å². The molecule has 1 aromatic heterocycles. The van der Waals surface area contributed by atoms with E-state index < -0.39 is 4.92 Å². The van der Waals surface area contributed by atoms with Crippen molar-refractivity contribution in [3.05, 3.63) is 33.1 Å². The molecule has 0 unspecified atom stereocenters. The predicted molar refractivity (Wildman–Crippen MR) is 85.4 cm³/mol. The Morgan fingerprint density at radius 3 is 2.95 bits per heavy atom. The minimum Gasteiger partial charge on any atom is -0.305 e. The number of terminal acetylenes is 1. The topological polar surface area (TPSA) is 77.5 Å². The second-order valence-electron chi connectivity index (χ2n) is 4.69. The highest BCUT2D eigenvalue weighted by Gasteiger charge is 2.12. The third-order valence-corrected chi connectivity index (χ3v) is 4.13. The molecule has 2 rings (SSSR count). The average molecular weight is 317 g/mol. The molecule has 0 aliphatic heterocycles. The van der Waals surface area contributed by atoms with Gasteiger partial charge in [0.05, 0.1) is 21.7 Å². The maximum Gasteiger partial charge on any atom is 0.270 e. The lowest BCUT2D eigenvalue weighted by molar-refractivity contribution is -0.384. The normalized spacial score (nSPS) is 11.5. The number of nitro benzene ring substituents is 1. The summed E-state index contributed by atoms with van der Waals surface area (Å²) in [4.78, 5) is 26.8. The molecule has 0 spiro atoms. The Kier molecular flexibility index (Phi) is 5.07. The summed E-state index contributed by atoms with van der Waals surface area (Å²) in [6.07, 6.45) is 7.46. The summed E-state index contributed by atoms with van der Waals surface area (Å²) in [6.45, 7) is 2.27. The number of nitrogens with zero attached hydrogens (tertiary/aromatic N) is 3. The van der Waals surface area contributed by atoms with Crippen LogP contribution < -0.4 is 4.80 Å². The molecule has 1 aromatic carbocycles. The van der Waals surface area contributed by atoms with Crippen LogP contribution in [-0.4, -0.2) is 15.4 Å². The lowest BCUT2D eigenvalue weighted by Crippen LogP contribution is -2.16. The highest BCUT2D eigenvalue weighted by molar-refractivity contribution is 7.16. The summed E-state index contributed by atoms with van der Waals surface area (Å²) in [5.41, 5.74) is 0.751. The fourth-order valence-corrected chi connectivity index (χ4v) is 3.08. The Morgan fingerprint density at radius 1 is 1.55 bits per heavy atom. The van der Waals surface area contributed by atoms with Gasteiger partial charge in [-0.25, -0.2) is 0 Å². The van der Waals surface area contributed by atoms with Gasteiger partial charge in [-0.1, -0.05) is 30.6 Å². The maximum atomic E-state index is 11.8. The van der Waals surface area contributed by atoms with Crippen LogP contribution >= 0.6 is 11.3 Å². The molecule has 7 heteroatoms. The van der Waals surface area contributed by atoms with Crippen molar-refractivity contribution >= 4 is 33.1 Å². The van der Waals surface area contributed by atoms with E-state index in [9.17, 15) is 14.9 Å². The molecule has 1 amide bonds. The molecule has 114 valence electrons. The van der Waals surface area contributed by atoms with Crippen molar-refractivity contribution in [3.8, 4) is 12.3 Å². The average Bonchev–Trinajstić information content (AvgIpc) is 2.82. The SMILES string of the molecule is C#CCn1c(=NC(=O)CCCC)sc2cc([N+](=O)[O-])ccc21. The minimum absolute atomic E-state index is 0.00506. The number of benzene rings is 1. The fourth-order valence-electron chi connectivity index (χ4n) is 2.00. The standard InChI is InChI=1S/C15H15N3O3S/c1-3-5-6-14(19)16-15-17(9-4-2)12-8-7-11(18(20)21)10-13(12)22-15/h2,7-8,10H,3,5-6,9H2,1H3. The fraction of sp³-hybridized carbons (Fsp3) is 0.333. The van der Waals surface area contributed by atoms with Gasteiger partial charge in [-0.3, -0.25) is 14.9 Å². The second kappa shape index (κ2) is 7.00. The van der Waals surface area contributed by atoms with Crippen LogP contribution in [0.5, 0.6) is 0 Å². The van der Waals surface area contributed by atoms with E-state index in [1.165, 1.54) is 23.5 Å². The van der Waals surface area contributed by atoms with Gasteiger partial charge in [-0.2, -0.15) is 4.99 Å². The number of aromatic nitrogens is 1. The van der Waals surface area contributed by atoms with Crippen molar-refractivity contribution in [1.29, 1.82) is 0 Å². The van der Waals surface area contributed by atoms with Crippen molar-refractivity contribution in [3.63, 3.8) is 0 Å². The number of carbonyl (C=O) groups is 1. The number of unbranched alkanes of at least 4 members (excludes halogenated alkanes) is 1. The molecule has 2 aromatic rings. The number of carbonyl (C=O) groups excluding carboxylic acids is 1. The van der Waals surface area contributed by atoms with Gasteiger partial charge in [0, 0.05) is 18.6 Å². The van der Waals surface area contributed by atoms with Gasteiger partial charge < -0.3 is 4.57 Å². The van der Waals surface area contributed by atoms with Crippen LogP contribution in [0.15, 0.2) is 23.2 Å². The Labute approximate surface area is 131 Å². The van der Waals surface area contributed by atoms with E-state index in [0.29, 0.717) is 15.9 Å². The van der Waals surface area contributed by atoms with Gasteiger partial charge in [-0.05, 0) is 12.5 Å². The predicted octanol–water partition coefficient (Wildman–Crippen LogP) is 2.86. The first-order valence-electron chi connectivity index (χ1n) is 6.85. The first-order chi connectivity index (χ1) is 10.6. The number of thiazole rings is 1. The van der Waals surface area contributed by atoms with Crippen molar-refractivity contribution < 1.29 is 9.72 Å². The minimum atomic E-state index is -0.450. The summed E-state index contributed by atoms with van der Waals surface area (Å²) in [6, 6.07) is 4.53. The quantitative estimate of drug-likeness (QED) is 0.483. The summed E-state index contributed by atoms with van der Waals surface area (Å²) in [5.74, 6) is 2.32. The molecule has 0 aliphatic carbocycles. The highest BCUT2D eigenvalue weighted by Crippen LogP contribution is 2.23. The maximum absolute atomic E-state index is 11.8. The van der Waals surface area contributed by atoms with E-state index in [0.717, 1.165) is 18.4 Å². The van der Waals surface area contributed by atoms with E-state index in [1.54, 1.807) is 10.6 Å². The van der Waals surface area contributed by atoms with Gasteiger partial charge in [0.1, 0.15) is 0 Å². The molecular weight excluding hydrogens is 302 g/mol. The molecule has 0 atom stereocenters. The lowest BCUT2D eigenvalue weighted by atomic mass is 10.2. The van der Waals surface area contributed by atoms with Gasteiger partial charge in [0.15, 0.2) is 4.80 Å². The smallest absolute Gasteiger partial charge is 0.270 e. The van der Waals surface area contributed by atoms with Crippen molar-refractivity contribution in [2.45, 2.75) is 32.7 Å². The summed E-state index contributed by atoms with van der Waals surface area (Å²) < 4.78 is 2.42. The Morgan fingerprint density at radius 2 is 2.32 bits per heavy atom.